The van der Waals surface area contributed by atoms with E-state index in [-0.39, 0.29) is 17.6 Å². The molecule has 0 radical (unpaired) electrons. The van der Waals surface area contributed by atoms with Crippen LogP contribution in [-0.2, 0) is 0 Å². The van der Waals surface area contributed by atoms with Gasteiger partial charge in [0.15, 0.2) is 5.11 Å². The Morgan fingerprint density at radius 3 is 2.88 bits per heavy atom. The van der Waals surface area contributed by atoms with Crippen molar-refractivity contribution in [3.8, 4) is 0 Å². The topological polar surface area (TPSA) is 90.6 Å². The van der Waals surface area contributed by atoms with Gasteiger partial charge in [-0.2, -0.15) is 0 Å². The number of hydrogen-bond donors (Lipinski definition) is 4. The predicted molar refractivity (Wildman–Crippen MR) is 60.5 cm³/mol. The molecular formula is C8H15FN4O2S. The Bertz CT molecular complexity index is 279. The lowest BCUT2D eigenvalue weighted by Gasteiger charge is -2.33. The third kappa shape index (κ3) is 3.46. The van der Waals surface area contributed by atoms with Gasteiger partial charge in [0.05, 0.1) is 6.54 Å². The summed E-state index contributed by atoms with van der Waals surface area (Å²) in [6.45, 7) is 0.632. The minimum atomic E-state index is -1.17. The Hall–Kier alpha value is -1.15. The van der Waals surface area contributed by atoms with E-state index in [9.17, 15) is 9.18 Å². The highest BCUT2D eigenvalue weighted by Crippen LogP contribution is 2.19. The van der Waals surface area contributed by atoms with Crippen LogP contribution in [0.1, 0.15) is 6.42 Å². The van der Waals surface area contributed by atoms with Crippen LogP contribution >= 0.6 is 12.2 Å². The molecule has 1 saturated heterocycles. The summed E-state index contributed by atoms with van der Waals surface area (Å²) >= 11 is 4.75. The van der Waals surface area contributed by atoms with Crippen LogP contribution in [-0.4, -0.2) is 47.0 Å². The van der Waals surface area contributed by atoms with Gasteiger partial charge in [0.2, 0.25) is 0 Å². The molecular weight excluding hydrogens is 235 g/mol. The van der Waals surface area contributed by atoms with Crippen LogP contribution in [0.4, 0.5) is 9.18 Å². The molecule has 16 heavy (non-hydrogen) atoms. The molecule has 2 unspecified atom stereocenters. The first-order chi connectivity index (χ1) is 7.54. The maximum absolute atomic E-state index is 13.6. The van der Waals surface area contributed by atoms with Crippen LogP contribution in [0.3, 0.4) is 0 Å². The van der Waals surface area contributed by atoms with E-state index < -0.39 is 12.3 Å². The molecule has 0 aliphatic carbocycles. The zero-order valence-electron chi connectivity index (χ0n) is 8.65. The van der Waals surface area contributed by atoms with Crippen molar-refractivity contribution in [2.75, 3.05) is 19.6 Å². The summed E-state index contributed by atoms with van der Waals surface area (Å²) < 4.78 is 13.6. The minimum Gasteiger partial charge on any atom is -0.465 e. The van der Waals surface area contributed by atoms with Gasteiger partial charge in [0.1, 0.15) is 6.17 Å². The number of nitrogens with one attached hydrogen (secondary N) is 2. The van der Waals surface area contributed by atoms with Gasteiger partial charge in [-0.1, -0.05) is 0 Å². The van der Waals surface area contributed by atoms with Crippen molar-refractivity contribution >= 4 is 23.4 Å². The maximum atomic E-state index is 13.6. The van der Waals surface area contributed by atoms with Gasteiger partial charge in [-0.3, -0.25) is 0 Å². The summed E-state index contributed by atoms with van der Waals surface area (Å²) in [7, 11) is 0. The second kappa shape index (κ2) is 5.80. The first-order valence-corrected chi connectivity index (χ1v) is 5.31. The van der Waals surface area contributed by atoms with Crippen molar-refractivity contribution < 1.29 is 14.3 Å². The number of amides is 1. The highest BCUT2D eigenvalue weighted by Gasteiger charge is 2.31. The summed E-state index contributed by atoms with van der Waals surface area (Å²) in [6.07, 6.45) is -1.76. The maximum Gasteiger partial charge on any atom is 0.407 e. The molecule has 0 spiro atoms. The van der Waals surface area contributed by atoms with E-state index in [2.05, 4.69) is 10.7 Å². The molecule has 1 aliphatic heterocycles. The van der Waals surface area contributed by atoms with Crippen LogP contribution in [0.5, 0.6) is 0 Å². The zero-order chi connectivity index (χ0) is 12.1. The number of likely N-dealkylation sites (tertiary alicyclic amines) is 1. The molecule has 8 heteroatoms. The minimum absolute atomic E-state index is 0.0789. The number of alkyl halides is 1. The van der Waals surface area contributed by atoms with Crippen molar-refractivity contribution in [2.45, 2.75) is 12.6 Å². The summed E-state index contributed by atoms with van der Waals surface area (Å²) in [5.41, 5.74) is 2.24. The largest absolute Gasteiger partial charge is 0.465 e. The second-order valence-corrected chi connectivity index (χ2v) is 4.06. The molecule has 1 amide bonds. The molecule has 5 N–H and O–H groups in total. The summed E-state index contributed by atoms with van der Waals surface area (Å²) in [5.74, 6) is 4.82. The van der Waals surface area contributed by atoms with Crippen LogP contribution < -0.4 is 16.6 Å². The summed E-state index contributed by atoms with van der Waals surface area (Å²) in [6, 6.07) is 0. The Balaban J connectivity index is 2.36. The number of hydrogen-bond acceptors (Lipinski definition) is 3. The van der Waals surface area contributed by atoms with Gasteiger partial charge in [0.25, 0.3) is 0 Å². The number of nitrogens with two attached hydrogens (primary N) is 1. The molecule has 1 rings (SSSR count). The third-order valence-corrected chi connectivity index (χ3v) is 2.86. The van der Waals surface area contributed by atoms with Crippen molar-refractivity contribution in [3.05, 3.63) is 0 Å². The van der Waals surface area contributed by atoms with E-state index in [0.717, 1.165) is 4.90 Å². The lowest BCUT2D eigenvalue weighted by Crippen LogP contribution is -2.49. The predicted octanol–water partition coefficient (Wildman–Crippen LogP) is -0.338. The molecule has 2 atom stereocenters. The molecule has 1 aliphatic rings. The second-order valence-electron chi connectivity index (χ2n) is 3.65. The number of piperidine rings is 1. The SMILES string of the molecule is NNC(=S)NCC1CCN(C(=O)O)CC1F. The molecule has 0 aromatic carbocycles. The van der Waals surface area contributed by atoms with E-state index in [1.165, 1.54) is 0 Å². The fraction of sp³-hybridized carbons (Fsp3) is 0.750. The van der Waals surface area contributed by atoms with Crippen LogP contribution in [0.25, 0.3) is 0 Å². The average Bonchev–Trinajstić information content (AvgIpc) is 2.26. The lowest BCUT2D eigenvalue weighted by molar-refractivity contribution is 0.0772. The number of nitrogens with zero attached hydrogens (tertiary/aromatic N) is 1. The first kappa shape index (κ1) is 12.9. The van der Waals surface area contributed by atoms with Crippen molar-refractivity contribution in [1.29, 1.82) is 0 Å². The highest BCUT2D eigenvalue weighted by atomic mass is 32.1. The number of halogens is 1. The van der Waals surface area contributed by atoms with E-state index in [1.54, 1.807) is 0 Å². The van der Waals surface area contributed by atoms with Crippen molar-refractivity contribution in [1.82, 2.24) is 15.6 Å². The number of rotatable bonds is 2. The van der Waals surface area contributed by atoms with Crippen LogP contribution in [0.15, 0.2) is 0 Å². The molecule has 1 heterocycles. The lowest BCUT2D eigenvalue weighted by atomic mass is 9.95. The first-order valence-electron chi connectivity index (χ1n) is 4.91. The Morgan fingerprint density at radius 1 is 1.69 bits per heavy atom. The Kier molecular flexibility index (Phi) is 4.69. The van der Waals surface area contributed by atoms with Crippen molar-refractivity contribution in [2.24, 2.45) is 11.8 Å². The number of carboxylic acid groups (broad SMARTS) is 1. The van der Waals surface area contributed by atoms with Gasteiger partial charge >= 0.3 is 6.09 Å². The Morgan fingerprint density at radius 2 is 2.38 bits per heavy atom. The van der Waals surface area contributed by atoms with Crippen molar-refractivity contribution in [3.63, 3.8) is 0 Å². The quantitative estimate of drug-likeness (QED) is 0.304. The molecule has 1 fully saturated rings. The molecule has 92 valence electrons. The molecule has 0 aromatic rings. The smallest absolute Gasteiger partial charge is 0.407 e. The fourth-order valence-electron chi connectivity index (χ4n) is 1.63. The van der Waals surface area contributed by atoms with E-state index in [4.69, 9.17) is 23.2 Å². The van der Waals surface area contributed by atoms with E-state index >= 15 is 0 Å². The standard InChI is InChI=1S/C8H15FN4O2S/c9-6-4-13(8(14)15)2-1-5(6)3-11-7(16)12-10/h5-6H,1-4,10H2,(H,14,15)(H2,11,12,16). The van der Waals surface area contributed by atoms with Crippen LogP contribution in [0, 0.1) is 5.92 Å². The number of carbonyl (C=O) groups is 1. The zero-order valence-corrected chi connectivity index (χ0v) is 9.47. The summed E-state index contributed by atoms with van der Waals surface area (Å²) in [5, 5.41) is 11.7. The highest BCUT2D eigenvalue weighted by molar-refractivity contribution is 7.80. The summed E-state index contributed by atoms with van der Waals surface area (Å²) in [4.78, 5) is 11.7. The average molecular weight is 250 g/mol. The van der Waals surface area contributed by atoms with Gasteiger partial charge in [-0.25, -0.2) is 15.0 Å². The van der Waals surface area contributed by atoms with E-state index in [0.29, 0.717) is 19.5 Å². The molecule has 0 bridgehead atoms. The van der Waals surface area contributed by atoms with Gasteiger partial charge in [0, 0.05) is 19.0 Å². The third-order valence-electron chi connectivity index (χ3n) is 2.60. The van der Waals surface area contributed by atoms with Gasteiger partial charge in [-0.05, 0) is 18.6 Å². The number of thiocarbonyl (C=S) groups is 1. The monoisotopic (exact) mass is 250 g/mol. The van der Waals surface area contributed by atoms with Gasteiger partial charge in [-0.15, -0.1) is 0 Å². The fourth-order valence-corrected chi connectivity index (χ4v) is 1.72. The number of hydrazine groups is 1. The molecule has 0 saturated carbocycles. The van der Waals surface area contributed by atoms with Gasteiger partial charge < -0.3 is 20.7 Å². The van der Waals surface area contributed by atoms with Crippen LogP contribution in [0.2, 0.25) is 0 Å². The van der Waals surface area contributed by atoms with E-state index in [1.807, 2.05) is 0 Å². The normalized spacial score (nSPS) is 25.0. The molecule has 0 aromatic heterocycles. The Labute approximate surface area is 97.9 Å². The molecule has 6 nitrogen and oxygen atoms in total.